The largest absolute Gasteiger partial charge is 0.326 e. The second-order valence-electron chi connectivity index (χ2n) is 6.52. The predicted octanol–water partition coefficient (Wildman–Crippen LogP) is 3.46. The SMILES string of the molecule is Cc1ccc(NC(=O)C[NH+](C)Cc2ccc3ccccc3c2)c(Cl)c1. The summed E-state index contributed by atoms with van der Waals surface area (Å²) in [5, 5.41) is 5.92. The molecule has 2 N–H and O–H groups in total. The highest BCUT2D eigenvalue weighted by molar-refractivity contribution is 6.33. The summed E-state index contributed by atoms with van der Waals surface area (Å²) < 4.78 is 0. The summed E-state index contributed by atoms with van der Waals surface area (Å²) in [4.78, 5) is 13.4. The lowest BCUT2D eigenvalue weighted by Crippen LogP contribution is -3.08. The number of anilines is 1. The molecule has 0 aliphatic carbocycles. The second kappa shape index (κ2) is 7.68. The lowest BCUT2D eigenvalue weighted by Gasteiger charge is -2.15. The predicted molar refractivity (Wildman–Crippen MR) is 104 cm³/mol. The number of aryl methyl sites for hydroxylation is 1. The minimum atomic E-state index is -0.0379. The van der Waals surface area contributed by atoms with Crippen LogP contribution in [-0.4, -0.2) is 19.5 Å². The molecule has 3 nitrogen and oxygen atoms in total. The van der Waals surface area contributed by atoms with Gasteiger partial charge in [-0.25, -0.2) is 0 Å². The molecule has 128 valence electrons. The first kappa shape index (κ1) is 17.5. The zero-order valence-electron chi connectivity index (χ0n) is 14.5. The van der Waals surface area contributed by atoms with Crippen molar-refractivity contribution in [3.05, 3.63) is 76.8 Å². The molecule has 0 fully saturated rings. The number of hydrogen-bond acceptors (Lipinski definition) is 1. The first-order valence-corrected chi connectivity index (χ1v) is 8.74. The van der Waals surface area contributed by atoms with Crippen LogP contribution in [0, 0.1) is 6.92 Å². The second-order valence-corrected chi connectivity index (χ2v) is 6.93. The molecule has 0 saturated carbocycles. The van der Waals surface area contributed by atoms with Crippen LogP contribution in [-0.2, 0) is 11.3 Å². The Morgan fingerprint density at radius 2 is 1.80 bits per heavy atom. The van der Waals surface area contributed by atoms with E-state index < -0.39 is 0 Å². The van der Waals surface area contributed by atoms with Gasteiger partial charge in [-0.1, -0.05) is 54.1 Å². The quantitative estimate of drug-likeness (QED) is 0.723. The van der Waals surface area contributed by atoms with Gasteiger partial charge in [0.2, 0.25) is 0 Å². The molecule has 0 radical (unpaired) electrons. The molecular weight excluding hydrogens is 332 g/mol. The van der Waals surface area contributed by atoms with Crippen LogP contribution in [0.15, 0.2) is 60.7 Å². The Kier molecular flexibility index (Phi) is 5.37. The molecule has 0 heterocycles. The molecule has 0 aliphatic rings. The highest BCUT2D eigenvalue weighted by Gasteiger charge is 2.12. The van der Waals surface area contributed by atoms with Crippen LogP contribution in [0.5, 0.6) is 0 Å². The molecule has 3 rings (SSSR count). The fourth-order valence-corrected chi connectivity index (χ4v) is 3.23. The van der Waals surface area contributed by atoms with Crippen molar-refractivity contribution in [3.63, 3.8) is 0 Å². The van der Waals surface area contributed by atoms with Gasteiger partial charge in [-0.3, -0.25) is 4.79 Å². The van der Waals surface area contributed by atoms with E-state index in [0.717, 1.165) is 17.0 Å². The Morgan fingerprint density at radius 1 is 1.04 bits per heavy atom. The maximum atomic E-state index is 12.3. The summed E-state index contributed by atoms with van der Waals surface area (Å²) in [6, 6.07) is 20.4. The van der Waals surface area contributed by atoms with E-state index >= 15 is 0 Å². The van der Waals surface area contributed by atoms with Gasteiger partial charge >= 0.3 is 0 Å². The third-order valence-electron chi connectivity index (χ3n) is 4.18. The van der Waals surface area contributed by atoms with Crippen molar-refractivity contribution in [1.29, 1.82) is 0 Å². The minimum absolute atomic E-state index is 0.0379. The van der Waals surface area contributed by atoms with E-state index in [1.165, 1.54) is 16.3 Å². The number of amides is 1. The first-order valence-electron chi connectivity index (χ1n) is 8.36. The van der Waals surface area contributed by atoms with Crippen molar-refractivity contribution in [2.75, 3.05) is 18.9 Å². The highest BCUT2D eigenvalue weighted by Crippen LogP contribution is 2.22. The van der Waals surface area contributed by atoms with Gasteiger partial charge in [-0.2, -0.15) is 0 Å². The molecule has 1 atom stereocenters. The minimum Gasteiger partial charge on any atom is -0.326 e. The first-order chi connectivity index (χ1) is 12.0. The molecule has 0 saturated heterocycles. The number of hydrogen-bond donors (Lipinski definition) is 2. The molecule has 25 heavy (non-hydrogen) atoms. The molecular formula is C21H22ClN2O+. The van der Waals surface area contributed by atoms with E-state index in [-0.39, 0.29) is 5.91 Å². The topological polar surface area (TPSA) is 33.5 Å². The van der Waals surface area contributed by atoms with Crippen LogP contribution in [0.3, 0.4) is 0 Å². The number of carbonyl (C=O) groups excluding carboxylic acids is 1. The van der Waals surface area contributed by atoms with Crippen molar-refractivity contribution in [2.45, 2.75) is 13.5 Å². The fraction of sp³-hybridized carbons (Fsp3) is 0.190. The molecule has 3 aromatic rings. The molecule has 1 amide bonds. The average Bonchev–Trinajstić information content (AvgIpc) is 2.57. The molecule has 1 unspecified atom stereocenters. The van der Waals surface area contributed by atoms with Gasteiger partial charge in [0.15, 0.2) is 6.54 Å². The van der Waals surface area contributed by atoms with Crippen LogP contribution in [0.1, 0.15) is 11.1 Å². The van der Waals surface area contributed by atoms with Crippen LogP contribution < -0.4 is 10.2 Å². The smallest absolute Gasteiger partial charge is 0.279 e. The van der Waals surface area contributed by atoms with Crippen molar-refractivity contribution < 1.29 is 9.69 Å². The number of carbonyl (C=O) groups is 1. The maximum Gasteiger partial charge on any atom is 0.279 e. The van der Waals surface area contributed by atoms with Crippen LogP contribution in [0.2, 0.25) is 5.02 Å². The lowest BCUT2D eigenvalue weighted by molar-refractivity contribution is -0.885. The third-order valence-corrected chi connectivity index (χ3v) is 4.49. The monoisotopic (exact) mass is 353 g/mol. The Morgan fingerprint density at radius 3 is 2.56 bits per heavy atom. The van der Waals surface area contributed by atoms with Crippen LogP contribution in [0.4, 0.5) is 5.69 Å². The van der Waals surface area contributed by atoms with Gasteiger partial charge in [-0.05, 0) is 41.5 Å². The standard InChI is InChI=1S/C21H21ClN2O/c1-15-7-10-20(19(22)11-15)23-21(25)14-24(2)13-16-8-9-17-5-3-4-6-18(17)12-16/h3-12H,13-14H2,1-2H3,(H,23,25)/p+1. The van der Waals surface area contributed by atoms with Gasteiger partial charge in [0.05, 0.1) is 17.8 Å². The Balaban J connectivity index is 1.60. The van der Waals surface area contributed by atoms with E-state index in [9.17, 15) is 4.79 Å². The van der Waals surface area contributed by atoms with Crippen molar-refractivity contribution in [1.82, 2.24) is 0 Å². The highest BCUT2D eigenvalue weighted by atomic mass is 35.5. The molecule has 0 spiro atoms. The number of quaternary nitrogens is 1. The lowest BCUT2D eigenvalue weighted by atomic mass is 10.1. The summed E-state index contributed by atoms with van der Waals surface area (Å²) in [7, 11) is 2.02. The van der Waals surface area contributed by atoms with Gasteiger partial charge in [0, 0.05) is 5.56 Å². The van der Waals surface area contributed by atoms with E-state index in [0.29, 0.717) is 17.3 Å². The number of halogens is 1. The van der Waals surface area contributed by atoms with E-state index in [2.05, 4.69) is 35.6 Å². The van der Waals surface area contributed by atoms with Gasteiger partial charge < -0.3 is 10.2 Å². The zero-order valence-corrected chi connectivity index (χ0v) is 15.2. The summed E-state index contributed by atoms with van der Waals surface area (Å²) in [6.07, 6.45) is 0. The van der Waals surface area contributed by atoms with E-state index in [4.69, 9.17) is 11.6 Å². The molecule has 0 aliphatic heterocycles. The summed E-state index contributed by atoms with van der Waals surface area (Å²) in [5.74, 6) is -0.0379. The van der Waals surface area contributed by atoms with Gasteiger partial charge in [-0.15, -0.1) is 0 Å². The maximum absolute atomic E-state index is 12.3. The summed E-state index contributed by atoms with van der Waals surface area (Å²) >= 11 is 6.17. The Bertz CT molecular complexity index is 907. The van der Waals surface area contributed by atoms with Crippen molar-refractivity contribution >= 4 is 34.0 Å². The fourth-order valence-electron chi connectivity index (χ4n) is 2.95. The summed E-state index contributed by atoms with van der Waals surface area (Å²) in [5.41, 5.74) is 2.95. The number of likely N-dealkylation sites (N-methyl/N-ethyl adjacent to an activating group) is 1. The number of benzene rings is 3. The van der Waals surface area contributed by atoms with Crippen molar-refractivity contribution in [3.8, 4) is 0 Å². The molecule has 3 aromatic carbocycles. The normalized spacial score (nSPS) is 12.1. The number of nitrogens with one attached hydrogen (secondary N) is 2. The van der Waals surface area contributed by atoms with Crippen molar-refractivity contribution in [2.24, 2.45) is 0 Å². The van der Waals surface area contributed by atoms with Gasteiger partial charge in [0.25, 0.3) is 5.91 Å². The van der Waals surface area contributed by atoms with Crippen LogP contribution in [0.25, 0.3) is 10.8 Å². The number of fused-ring (bicyclic) bond motifs is 1. The van der Waals surface area contributed by atoms with E-state index in [1.807, 2.05) is 44.3 Å². The molecule has 4 heteroatoms. The third kappa shape index (κ3) is 4.59. The zero-order chi connectivity index (χ0) is 17.8. The van der Waals surface area contributed by atoms with E-state index in [1.54, 1.807) is 0 Å². The number of rotatable bonds is 5. The average molecular weight is 354 g/mol. The van der Waals surface area contributed by atoms with Crippen LogP contribution >= 0.6 is 11.6 Å². The van der Waals surface area contributed by atoms with Gasteiger partial charge in [0.1, 0.15) is 6.54 Å². The molecule has 0 bridgehead atoms. The Labute approximate surface area is 153 Å². The summed E-state index contributed by atoms with van der Waals surface area (Å²) in [6.45, 7) is 3.15. The molecule has 0 aromatic heterocycles. The Hall–Kier alpha value is -2.36.